The zero-order valence-electron chi connectivity index (χ0n) is 15.1. The van der Waals surface area contributed by atoms with Gasteiger partial charge in [-0.25, -0.2) is 4.79 Å². The lowest BCUT2D eigenvalue weighted by molar-refractivity contribution is -0.144. The molecule has 144 valence electrons. The molecule has 0 saturated heterocycles. The van der Waals surface area contributed by atoms with Crippen molar-refractivity contribution in [3.63, 3.8) is 0 Å². The first-order valence-electron chi connectivity index (χ1n) is 7.96. The molecule has 10 nitrogen and oxygen atoms in total. The molecule has 0 rings (SSSR count). The number of carbonyl (C=O) groups excluding carboxylic acids is 3. The van der Waals surface area contributed by atoms with E-state index in [0.717, 1.165) is 0 Å². The molecular formula is C15H28N4O6. The van der Waals surface area contributed by atoms with E-state index in [1.807, 2.05) is 0 Å². The molecule has 0 bridgehead atoms. The Morgan fingerprint density at radius 1 is 0.800 bits per heavy atom. The molecule has 0 heterocycles. The number of rotatable bonds is 9. The van der Waals surface area contributed by atoms with Gasteiger partial charge in [0.25, 0.3) is 0 Å². The summed E-state index contributed by atoms with van der Waals surface area (Å²) in [5, 5.41) is 25.8. The van der Waals surface area contributed by atoms with E-state index in [0.29, 0.717) is 0 Å². The third kappa shape index (κ3) is 7.48. The number of nitrogens with one attached hydrogen (secondary N) is 3. The largest absolute Gasteiger partial charge is 0.480 e. The summed E-state index contributed by atoms with van der Waals surface area (Å²) in [6.45, 7) is 7.34. The predicted octanol–water partition coefficient (Wildman–Crippen LogP) is -2.07. The maximum Gasteiger partial charge on any atom is 0.326 e. The number of carboxylic acid groups (broad SMARTS) is 1. The minimum Gasteiger partial charge on any atom is -0.480 e. The molecule has 0 radical (unpaired) electrons. The van der Waals surface area contributed by atoms with E-state index in [1.54, 1.807) is 13.8 Å². The SMILES string of the molecule is CC(N)C(=O)NC(C)C(=O)NC(C(=O)NC(C(=O)O)C(C)C)C(C)O. The van der Waals surface area contributed by atoms with Crippen LogP contribution in [0.1, 0.15) is 34.6 Å². The average Bonchev–Trinajstić information content (AvgIpc) is 2.48. The number of nitrogens with two attached hydrogens (primary N) is 1. The molecule has 5 unspecified atom stereocenters. The van der Waals surface area contributed by atoms with Crippen LogP contribution in [0.2, 0.25) is 0 Å². The van der Waals surface area contributed by atoms with E-state index in [-0.39, 0.29) is 0 Å². The number of carboxylic acids is 1. The van der Waals surface area contributed by atoms with Crippen LogP contribution in [-0.2, 0) is 19.2 Å². The fraction of sp³-hybridized carbons (Fsp3) is 0.733. The van der Waals surface area contributed by atoms with Gasteiger partial charge in [0.05, 0.1) is 12.1 Å². The van der Waals surface area contributed by atoms with Crippen LogP contribution in [-0.4, -0.2) is 64.2 Å². The summed E-state index contributed by atoms with van der Waals surface area (Å²) in [4.78, 5) is 47.0. The normalized spacial score (nSPS) is 17.0. The number of hydrogen-bond acceptors (Lipinski definition) is 6. The number of aliphatic hydroxyl groups excluding tert-OH is 1. The van der Waals surface area contributed by atoms with Gasteiger partial charge in [-0.05, 0) is 26.7 Å². The maximum absolute atomic E-state index is 12.2. The lowest BCUT2D eigenvalue weighted by Gasteiger charge is -2.26. The summed E-state index contributed by atoms with van der Waals surface area (Å²) in [5.41, 5.74) is 5.39. The Hall–Kier alpha value is -2.20. The van der Waals surface area contributed by atoms with Crippen LogP contribution in [0.4, 0.5) is 0 Å². The quantitative estimate of drug-likeness (QED) is 0.274. The topological polar surface area (TPSA) is 171 Å². The van der Waals surface area contributed by atoms with E-state index in [2.05, 4.69) is 16.0 Å². The molecule has 25 heavy (non-hydrogen) atoms. The molecule has 0 saturated carbocycles. The fourth-order valence-electron chi connectivity index (χ4n) is 1.85. The second kappa shape index (κ2) is 9.94. The molecule has 0 aliphatic carbocycles. The Kier molecular flexibility index (Phi) is 9.07. The van der Waals surface area contributed by atoms with Gasteiger partial charge in [-0.2, -0.15) is 0 Å². The smallest absolute Gasteiger partial charge is 0.326 e. The van der Waals surface area contributed by atoms with Crippen LogP contribution in [0.5, 0.6) is 0 Å². The minimum absolute atomic E-state index is 0.393. The summed E-state index contributed by atoms with van der Waals surface area (Å²) in [5.74, 6) is -3.72. The van der Waals surface area contributed by atoms with Crippen molar-refractivity contribution in [3.8, 4) is 0 Å². The second-order valence-electron chi connectivity index (χ2n) is 6.31. The van der Waals surface area contributed by atoms with Crippen molar-refractivity contribution in [2.24, 2.45) is 11.7 Å². The number of carbonyl (C=O) groups is 4. The van der Waals surface area contributed by atoms with Gasteiger partial charge < -0.3 is 31.9 Å². The molecule has 0 aromatic carbocycles. The number of hydrogen-bond donors (Lipinski definition) is 6. The van der Waals surface area contributed by atoms with Crippen molar-refractivity contribution in [2.45, 2.75) is 64.9 Å². The van der Waals surface area contributed by atoms with Crippen LogP contribution in [0, 0.1) is 5.92 Å². The Morgan fingerprint density at radius 3 is 1.64 bits per heavy atom. The molecular weight excluding hydrogens is 332 g/mol. The van der Waals surface area contributed by atoms with Crippen molar-refractivity contribution >= 4 is 23.7 Å². The summed E-state index contributed by atoms with van der Waals surface area (Å²) in [7, 11) is 0. The standard InChI is InChI=1S/C15H28N4O6/c1-6(2)10(15(24)25)18-14(23)11(9(5)20)19-13(22)8(4)17-12(21)7(3)16/h6-11,20H,16H2,1-5H3,(H,17,21)(H,18,23)(H,19,22)(H,24,25). The number of aliphatic carboxylic acids is 1. The van der Waals surface area contributed by atoms with Gasteiger partial charge in [-0.3, -0.25) is 14.4 Å². The van der Waals surface area contributed by atoms with Crippen molar-refractivity contribution in [1.29, 1.82) is 0 Å². The molecule has 0 aromatic heterocycles. The van der Waals surface area contributed by atoms with E-state index in [9.17, 15) is 24.3 Å². The van der Waals surface area contributed by atoms with E-state index >= 15 is 0 Å². The molecule has 10 heteroatoms. The van der Waals surface area contributed by atoms with E-state index in [1.165, 1.54) is 20.8 Å². The molecule has 0 aliphatic heterocycles. The fourth-order valence-corrected chi connectivity index (χ4v) is 1.85. The highest BCUT2D eigenvalue weighted by atomic mass is 16.4. The molecule has 0 fully saturated rings. The van der Waals surface area contributed by atoms with Gasteiger partial charge in [0.15, 0.2) is 0 Å². The van der Waals surface area contributed by atoms with Gasteiger partial charge in [0.1, 0.15) is 18.1 Å². The van der Waals surface area contributed by atoms with Crippen molar-refractivity contribution in [3.05, 3.63) is 0 Å². The van der Waals surface area contributed by atoms with E-state index in [4.69, 9.17) is 10.8 Å². The van der Waals surface area contributed by atoms with Crippen molar-refractivity contribution < 1.29 is 29.4 Å². The number of amides is 3. The first-order valence-corrected chi connectivity index (χ1v) is 7.96. The van der Waals surface area contributed by atoms with Crippen molar-refractivity contribution in [1.82, 2.24) is 16.0 Å². The van der Waals surface area contributed by atoms with Crippen LogP contribution >= 0.6 is 0 Å². The molecule has 7 N–H and O–H groups in total. The molecule has 0 spiro atoms. The summed E-state index contributed by atoms with van der Waals surface area (Å²) >= 11 is 0. The van der Waals surface area contributed by atoms with Gasteiger partial charge in [-0.15, -0.1) is 0 Å². The summed E-state index contributed by atoms with van der Waals surface area (Å²) < 4.78 is 0. The van der Waals surface area contributed by atoms with E-state index < -0.39 is 59.9 Å². The van der Waals surface area contributed by atoms with Gasteiger partial charge in [0, 0.05) is 0 Å². The third-order valence-corrected chi connectivity index (χ3v) is 3.46. The Balaban J connectivity index is 5.00. The molecule has 0 aromatic rings. The van der Waals surface area contributed by atoms with Crippen LogP contribution in [0.15, 0.2) is 0 Å². The minimum atomic E-state index is -1.37. The summed E-state index contributed by atoms with van der Waals surface area (Å²) in [6, 6.07) is -4.34. The highest BCUT2D eigenvalue weighted by Gasteiger charge is 2.32. The zero-order valence-corrected chi connectivity index (χ0v) is 15.1. The highest BCUT2D eigenvalue weighted by molar-refractivity contribution is 5.94. The predicted molar refractivity (Wildman–Crippen MR) is 89.3 cm³/mol. The Labute approximate surface area is 146 Å². The molecule has 3 amide bonds. The monoisotopic (exact) mass is 360 g/mol. The Morgan fingerprint density at radius 2 is 1.28 bits per heavy atom. The lowest BCUT2D eigenvalue weighted by Crippen LogP contribution is -2.59. The van der Waals surface area contributed by atoms with Crippen molar-refractivity contribution in [2.75, 3.05) is 0 Å². The maximum atomic E-state index is 12.2. The molecule has 0 aliphatic rings. The van der Waals surface area contributed by atoms with Crippen LogP contribution in [0.3, 0.4) is 0 Å². The van der Waals surface area contributed by atoms with Gasteiger partial charge in [-0.1, -0.05) is 13.8 Å². The van der Waals surface area contributed by atoms with Crippen LogP contribution in [0.25, 0.3) is 0 Å². The zero-order chi connectivity index (χ0) is 19.9. The van der Waals surface area contributed by atoms with Gasteiger partial charge in [0.2, 0.25) is 17.7 Å². The first-order chi connectivity index (χ1) is 11.4. The van der Waals surface area contributed by atoms with Gasteiger partial charge >= 0.3 is 5.97 Å². The number of aliphatic hydroxyl groups is 1. The Bertz CT molecular complexity index is 506. The first kappa shape index (κ1) is 22.8. The highest BCUT2D eigenvalue weighted by Crippen LogP contribution is 2.04. The van der Waals surface area contributed by atoms with Crippen LogP contribution < -0.4 is 21.7 Å². The lowest BCUT2D eigenvalue weighted by atomic mass is 10.0. The molecule has 5 atom stereocenters. The summed E-state index contributed by atoms with van der Waals surface area (Å²) in [6.07, 6.45) is -1.28. The second-order valence-corrected chi connectivity index (χ2v) is 6.31. The average molecular weight is 360 g/mol. The third-order valence-electron chi connectivity index (χ3n) is 3.46.